The Morgan fingerprint density at radius 2 is 2.04 bits per heavy atom. The normalized spacial score (nSPS) is 20.1. The smallest absolute Gasteiger partial charge is 0.453 e. The minimum absolute atomic E-state index is 0.0577. The van der Waals surface area contributed by atoms with E-state index >= 15 is 0 Å². The largest absolute Gasteiger partial charge is 0.573 e. The molecule has 152 valence electrons. The highest BCUT2D eigenvalue weighted by Gasteiger charge is 2.35. The lowest BCUT2D eigenvalue weighted by atomic mass is 9.86. The second-order valence-corrected chi connectivity index (χ2v) is 6.55. The fourth-order valence-electron chi connectivity index (χ4n) is 3.46. The fourth-order valence-corrected chi connectivity index (χ4v) is 3.46. The van der Waals surface area contributed by atoms with Crippen LogP contribution < -0.4 is 10.3 Å². The van der Waals surface area contributed by atoms with E-state index in [2.05, 4.69) is 9.89 Å². The number of H-pyrrole nitrogens is 1. The van der Waals surface area contributed by atoms with Crippen LogP contribution in [0.4, 0.5) is 18.0 Å². The zero-order valence-electron chi connectivity index (χ0n) is 15.0. The minimum atomic E-state index is -4.75. The fraction of sp³-hybridized carbons (Fsp3) is 0.444. The van der Waals surface area contributed by atoms with Crippen molar-refractivity contribution in [2.45, 2.75) is 37.6 Å². The average Bonchev–Trinajstić information content (AvgIpc) is 3.08. The lowest BCUT2D eigenvalue weighted by Gasteiger charge is -2.38. The van der Waals surface area contributed by atoms with Gasteiger partial charge in [0.1, 0.15) is 11.5 Å². The van der Waals surface area contributed by atoms with Gasteiger partial charge in [0.15, 0.2) is 0 Å². The topological polar surface area (TPSA) is 84.8 Å². The molecule has 0 unspecified atom stereocenters. The Hall–Kier alpha value is -2.91. The molecule has 1 amide bonds. The van der Waals surface area contributed by atoms with E-state index in [0.717, 1.165) is 5.56 Å². The second kappa shape index (κ2) is 7.99. The molecule has 1 aromatic carbocycles. The molecule has 0 radical (unpaired) electrons. The van der Waals surface area contributed by atoms with Crippen LogP contribution in [0.15, 0.2) is 39.6 Å². The first kappa shape index (κ1) is 19.8. The number of carbonyl (C=O) groups is 1. The summed E-state index contributed by atoms with van der Waals surface area (Å²) in [5.41, 5.74) is 0.409. The van der Waals surface area contributed by atoms with Crippen molar-refractivity contribution in [1.82, 2.24) is 10.1 Å². The van der Waals surface area contributed by atoms with Crippen LogP contribution in [0.1, 0.15) is 30.1 Å². The summed E-state index contributed by atoms with van der Waals surface area (Å²) in [4.78, 5) is 25.0. The molecule has 1 aromatic heterocycles. The summed E-state index contributed by atoms with van der Waals surface area (Å²) in [6.07, 6.45) is -3.69. The first-order chi connectivity index (χ1) is 13.2. The van der Waals surface area contributed by atoms with E-state index in [4.69, 9.17) is 9.26 Å². The van der Waals surface area contributed by atoms with E-state index in [1.807, 2.05) is 0 Å². The van der Waals surface area contributed by atoms with Crippen molar-refractivity contribution < 1.29 is 32.0 Å². The van der Waals surface area contributed by atoms with Crippen molar-refractivity contribution in [2.75, 3.05) is 13.7 Å². The monoisotopic (exact) mass is 400 g/mol. The number of aromatic nitrogens is 1. The molecule has 28 heavy (non-hydrogen) atoms. The molecule has 1 aliphatic rings. The Balaban J connectivity index is 1.74. The molecule has 2 heterocycles. The molecule has 0 saturated carbocycles. The van der Waals surface area contributed by atoms with Crippen LogP contribution in [0.25, 0.3) is 0 Å². The standard InChI is InChI=1S/C18H19F3N2O5/c1-26-17(25)23-7-6-12(15-10-16(24)22-28-15)9-13(23)8-11-2-4-14(5-3-11)27-18(19,20)21/h2-5,10,12-13H,6-9H2,1H3,(H,22,24)/t12-,13-/m0/s1. The predicted molar refractivity (Wildman–Crippen MR) is 91.0 cm³/mol. The summed E-state index contributed by atoms with van der Waals surface area (Å²) in [5, 5.41) is 2.26. The Kier molecular flexibility index (Phi) is 5.66. The maximum Gasteiger partial charge on any atom is 0.573 e. The highest BCUT2D eigenvalue weighted by molar-refractivity contribution is 5.68. The Labute approximate surface area is 158 Å². The third-order valence-corrected chi connectivity index (χ3v) is 4.70. The number of benzene rings is 1. The number of ether oxygens (including phenoxy) is 2. The third kappa shape index (κ3) is 4.87. The van der Waals surface area contributed by atoms with Gasteiger partial charge in [0.2, 0.25) is 0 Å². The van der Waals surface area contributed by atoms with Crippen molar-refractivity contribution >= 4 is 6.09 Å². The number of carbonyl (C=O) groups excluding carboxylic acids is 1. The molecule has 1 saturated heterocycles. The molecule has 10 heteroatoms. The molecule has 2 aromatic rings. The SMILES string of the molecule is COC(=O)N1CC[C@H](c2cc(=O)[nH]o2)C[C@@H]1Cc1ccc(OC(F)(F)F)cc1. The minimum Gasteiger partial charge on any atom is -0.453 e. The van der Waals surface area contributed by atoms with E-state index < -0.39 is 12.5 Å². The molecule has 1 fully saturated rings. The zero-order valence-corrected chi connectivity index (χ0v) is 15.0. The van der Waals surface area contributed by atoms with Crippen LogP contribution in [-0.4, -0.2) is 42.2 Å². The molecule has 1 aliphatic heterocycles. The van der Waals surface area contributed by atoms with Crippen LogP contribution in [-0.2, 0) is 11.2 Å². The van der Waals surface area contributed by atoms with Gasteiger partial charge in [-0.15, -0.1) is 13.2 Å². The van der Waals surface area contributed by atoms with Crippen LogP contribution in [0.3, 0.4) is 0 Å². The van der Waals surface area contributed by atoms with E-state index in [9.17, 15) is 22.8 Å². The summed E-state index contributed by atoms with van der Waals surface area (Å²) in [5.74, 6) is 0.155. The lowest BCUT2D eigenvalue weighted by Crippen LogP contribution is -2.46. The molecule has 0 spiro atoms. The van der Waals surface area contributed by atoms with Gasteiger partial charge in [0.25, 0.3) is 5.56 Å². The zero-order chi connectivity index (χ0) is 20.3. The number of nitrogens with zero attached hydrogens (tertiary/aromatic N) is 1. The number of nitrogens with one attached hydrogen (secondary N) is 1. The summed E-state index contributed by atoms with van der Waals surface area (Å²) in [6.45, 7) is 0.409. The van der Waals surface area contributed by atoms with E-state index in [0.29, 0.717) is 31.6 Å². The number of aromatic amines is 1. The molecular weight excluding hydrogens is 381 g/mol. The van der Waals surface area contributed by atoms with Crippen molar-refractivity contribution in [3.8, 4) is 5.75 Å². The summed E-state index contributed by atoms with van der Waals surface area (Å²) in [6, 6.07) is 6.64. The van der Waals surface area contributed by atoms with Gasteiger partial charge in [-0.3, -0.25) is 4.79 Å². The third-order valence-electron chi connectivity index (χ3n) is 4.70. The van der Waals surface area contributed by atoms with Gasteiger partial charge in [0, 0.05) is 24.6 Å². The number of rotatable bonds is 4. The highest BCUT2D eigenvalue weighted by Crippen LogP contribution is 2.33. The van der Waals surface area contributed by atoms with E-state index in [1.54, 1.807) is 4.90 Å². The van der Waals surface area contributed by atoms with Gasteiger partial charge in [-0.2, -0.15) is 5.16 Å². The average molecular weight is 400 g/mol. The van der Waals surface area contributed by atoms with E-state index in [-0.39, 0.29) is 23.3 Å². The maximum atomic E-state index is 12.3. The van der Waals surface area contributed by atoms with Crippen molar-refractivity contribution in [3.63, 3.8) is 0 Å². The number of hydrogen-bond acceptors (Lipinski definition) is 5. The molecule has 2 atom stereocenters. The van der Waals surface area contributed by atoms with Gasteiger partial charge in [-0.05, 0) is 37.0 Å². The molecular formula is C18H19F3N2O5. The Bertz CT molecular complexity index is 859. The van der Waals surface area contributed by atoms with Gasteiger partial charge in [-0.1, -0.05) is 12.1 Å². The first-order valence-electron chi connectivity index (χ1n) is 8.63. The first-order valence-corrected chi connectivity index (χ1v) is 8.63. The predicted octanol–water partition coefficient (Wildman–Crippen LogP) is 3.42. The van der Waals surface area contributed by atoms with Gasteiger partial charge >= 0.3 is 12.5 Å². The van der Waals surface area contributed by atoms with Crippen molar-refractivity contribution in [1.29, 1.82) is 0 Å². The van der Waals surface area contributed by atoms with Crippen LogP contribution in [0.5, 0.6) is 5.75 Å². The van der Waals surface area contributed by atoms with Crippen LogP contribution in [0, 0.1) is 0 Å². The number of piperidine rings is 1. The molecule has 1 N–H and O–H groups in total. The second-order valence-electron chi connectivity index (χ2n) is 6.55. The summed E-state index contributed by atoms with van der Waals surface area (Å²) in [7, 11) is 1.29. The maximum absolute atomic E-state index is 12.3. The van der Waals surface area contributed by atoms with E-state index in [1.165, 1.54) is 37.4 Å². The van der Waals surface area contributed by atoms with Gasteiger partial charge < -0.3 is 18.9 Å². The van der Waals surface area contributed by atoms with Gasteiger partial charge in [-0.25, -0.2) is 4.79 Å². The number of amides is 1. The van der Waals surface area contributed by atoms with Gasteiger partial charge in [0.05, 0.1) is 7.11 Å². The summed E-state index contributed by atoms with van der Waals surface area (Å²) < 4.78 is 50.8. The highest BCUT2D eigenvalue weighted by atomic mass is 19.4. The number of likely N-dealkylation sites (tertiary alicyclic amines) is 1. The summed E-state index contributed by atoms with van der Waals surface area (Å²) >= 11 is 0. The van der Waals surface area contributed by atoms with Crippen LogP contribution >= 0.6 is 0 Å². The molecule has 0 aliphatic carbocycles. The molecule has 7 nitrogen and oxygen atoms in total. The molecule has 0 bridgehead atoms. The number of hydrogen-bond donors (Lipinski definition) is 1. The number of alkyl halides is 3. The quantitative estimate of drug-likeness (QED) is 0.850. The lowest BCUT2D eigenvalue weighted by molar-refractivity contribution is -0.274. The van der Waals surface area contributed by atoms with Crippen LogP contribution in [0.2, 0.25) is 0 Å². The van der Waals surface area contributed by atoms with Crippen molar-refractivity contribution in [3.05, 3.63) is 52.0 Å². The van der Waals surface area contributed by atoms with Crippen molar-refractivity contribution in [2.24, 2.45) is 0 Å². The Morgan fingerprint density at radius 1 is 1.32 bits per heavy atom. The molecule has 3 rings (SSSR count). The number of methoxy groups -OCH3 is 1. The Morgan fingerprint density at radius 3 is 2.61 bits per heavy atom. The number of halogens is 3.